The molecule has 5 heteroatoms. The van der Waals surface area contributed by atoms with Gasteiger partial charge in [0.25, 0.3) is 5.91 Å². The molecule has 0 aliphatic carbocycles. The second kappa shape index (κ2) is 7.08. The Morgan fingerprint density at radius 1 is 1.27 bits per heavy atom. The van der Waals surface area contributed by atoms with Crippen LogP contribution in [-0.2, 0) is 0 Å². The molecule has 0 saturated carbocycles. The lowest BCUT2D eigenvalue weighted by Crippen LogP contribution is -2.37. The van der Waals surface area contributed by atoms with Crippen molar-refractivity contribution >= 4 is 17.5 Å². The molecule has 0 aliphatic rings. The third-order valence-electron chi connectivity index (χ3n) is 3.30. The van der Waals surface area contributed by atoms with Crippen LogP contribution in [0.4, 0.5) is 0 Å². The lowest BCUT2D eigenvalue weighted by molar-refractivity contribution is 0.0852. The van der Waals surface area contributed by atoms with Crippen molar-refractivity contribution in [3.63, 3.8) is 0 Å². The number of amides is 1. The summed E-state index contributed by atoms with van der Waals surface area (Å²) < 4.78 is 0. The maximum Gasteiger partial charge on any atom is 0.251 e. The summed E-state index contributed by atoms with van der Waals surface area (Å²) in [4.78, 5) is 12.2. The molecular formula is C17H15ClN2O2. The molecule has 2 atom stereocenters. The van der Waals surface area contributed by atoms with Crippen LogP contribution in [0.5, 0.6) is 0 Å². The predicted octanol–water partition coefficient (Wildman–Crippen LogP) is 3.06. The van der Waals surface area contributed by atoms with Crippen molar-refractivity contribution in [2.45, 2.75) is 19.1 Å². The molecule has 2 rings (SSSR count). The molecule has 0 spiro atoms. The Balaban J connectivity index is 2.07. The second-order valence-electron chi connectivity index (χ2n) is 4.95. The fourth-order valence-corrected chi connectivity index (χ4v) is 2.17. The highest BCUT2D eigenvalue weighted by atomic mass is 35.5. The van der Waals surface area contributed by atoms with Gasteiger partial charge in [0, 0.05) is 10.6 Å². The Morgan fingerprint density at radius 3 is 2.59 bits per heavy atom. The molecule has 2 aromatic rings. The topological polar surface area (TPSA) is 73.1 Å². The second-order valence-corrected chi connectivity index (χ2v) is 5.39. The average molecular weight is 315 g/mol. The highest BCUT2D eigenvalue weighted by Gasteiger charge is 2.19. The van der Waals surface area contributed by atoms with Crippen molar-refractivity contribution < 1.29 is 9.90 Å². The molecular weight excluding hydrogens is 300 g/mol. The number of aliphatic hydroxyl groups is 1. The van der Waals surface area contributed by atoms with E-state index in [9.17, 15) is 9.90 Å². The Labute approximate surface area is 134 Å². The van der Waals surface area contributed by atoms with E-state index < -0.39 is 12.1 Å². The number of aliphatic hydroxyl groups excluding tert-OH is 1. The van der Waals surface area contributed by atoms with Gasteiger partial charge in [0.15, 0.2) is 0 Å². The molecule has 0 heterocycles. The number of nitrogens with zero attached hydrogens (tertiary/aromatic N) is 1. The minimum absolute atomic E-state index is 0.336. The Hall–Kier alpha value is -2.35. The average Bonchev–Trinajstić information content (AvgIpc) is 2.54. The molecule has 1 amide bonds. The SMILES string of the molecule is CC(NC(=O)c1cccc(C#N)c1)C(O)c1ccc(Cl)cc1. The lowest BCUT2D eigenvalue weighted by atomic mass is 10.0. The maximum absolute atomic E-state index is 12.2. The summed E-state index contributed by atoms with van der Waals surface area (Å²) in [7, 11) is 0. The lowest BCUT2D eigenvalue weighted by Gasteiger charge is -2.20. The summed E-state index contributed by atoms with van der Waals surface area (Å²) in [6.45, 7) is 1.71. The van der Waals surface area contributed by atoms with Gasteiger partial charge in [-0.3, -0.25) is 4.79 Å². The Kier molecular flexibility index (Phi) is 5.16. The van der Waals surface area contributed by atoms with E-state index >= 15 is 0 Å². The van der Waals surface area contributed by atoms with Crippen LogP contribution in [0.1, 0.15) is 34.5 Å². The van der Waals surface area contributed by atoms with Gasteiger partial charge in [0.2, 0.25) is 0 Å². The summed E-state index contributed by atoms with van der Waals surface area (Å²) in [5, 5.41) is 22.4. The summed E-state index contributed by atoms with van der Waals surface area (Å²) >= 11 is 5.81. The summed E-state index contributed by atoms with van der Waals surface area (Å²) in [5.74, 6) is -0.336. The summed E-state index contributed by atoms with van der Waals surface area (Å²) in [6, 6.07) is 14.7. The molecule has 0 saturated heterocycles. The number of rotatable bonds is 4. The van der Waals surface area contributed by atoms with Crippen LogP contribution in [0, 0.1) is 11.3 Å². The van der Waals surface area contributed by atoms with Gasteiger partial charge in [-0.1, -0.05) is 29.8 Å². The zero-order valence-electron chi connectivity index (χ0n) is 12.0. The van der Waals surface area contributed by atoms with Crippen LogP contribution in [0.3, 0.4) is 0 Å². The minimum Gasteiger partial charge on any atom is -0.386 e. The number of nitriles is 1. The molecule has 0 aliphatic heterocycles. The van der Waals surface area contributed by atoms with Crippen molar-refractivity contribution in [1.29, 1.82) is 5.26 Å². The fourth-order valence-electron chi connectivity index (χ4n) is 2.05. The van der Waals surface area contributed by atoms with E-state index in [0.29, 0.717) is 21.7 Å². The molecule has 0 fully saturated rings. The molecule has 0 aromatic heterocycles. The number of nitrogens with one attached hydrogen (secondary N) is 1. The maximum atomic E-state index is 12.2. The molecule has 22 heavy (non-hydrogen) atoms. The summed E-state index contributed by atoms with van der Waals surface area (Å²) in [5.41, 5.74) is 1.47. The van der Waals surface area contributed by atoms with Crippen molar-refractivity contribution in [2.75, 3.05) is 0 Å². The van der Waals surface area contributed by atoms with Crippen molar-refractivity contribution in [2.24, 2.45) is 0 Å². The number of hydrogen-bond donors (Lipinski definition) is 2. The Morgan fingerprint density at radius 2 is 1.95 bits per heavy atom. The van der Waals surface area contributed by atoms with Gasteiger partial charge in [0.1, 0.15) is 0 Å². The first kappa shape index (κ1) is 16.0. The van der Waals surface area contributed by atoms with Gasteiger partial charge in [-0.2, -0.15) is 5.26 Å². The molecule has 0 bridgehead atoms. The van der Waals surface area contributed by atoms with E-state index in [0.717, 1.165) is 0 Å². The highest BCUT2D eigenvalue weighted by Crippen LogP contribution is 2.19. The van der Waals surface area contributed by atoms with E-state index in [1.807, 2.05) is 6.07 Å². The molecule has 4 nitrogen and oxygen atoms in total. The molecule has 2 aromatic carbocycles. The van der Waals surface area contributed by atoms with Gasteiger partial charge >= 0.3 is 0 Å². The molecule has 2 N–H and O–H groups in total. The smallest absolute Gasteiger partial charge is 0.251 e. The zero-order valence-corrected chi connectivity index (χ0v) is 12.7. The number of hydrogen-bond acceptors (Lipinski definition) is 3. The third kappa shape index (κ3) is 3.85. The molecule has 0 radical (unpaired) electrons. The van der Waals surface area contributed by atoms with Gasteiger partial charge in [-0.25, -0.2) is 0 Å². The normalized spacial score (nSPS) is 13.0. The first-order valence-corrected chi connectivity index (χ1v) is 7.13. The predicted molar refractivity (Wildman–Crippen MR) is 84.5 cm³/mol. The number of halogens is 1. The van der Waals surface area contributed by atoms with Crippen molar-refractivity contribution in [1.82, 2.24) is 5.32 Å². The largest absolute Gasteiger partial charge is 0.386 e. The van der Waals surface area contributed by atoms with E-state index in [1.54, 1.807) is 49.4 Å². The number of carbonyl (C=O) groups is 1. The first-order valence-electron chi connectivity index (χ1n) is 6.76. The van der Waals surface area contributed by atoms with Crippen LogP contribution in [0.15, 0.2) is 48.5 Å². The van der Waals surface area contributed by atoms with Crippen LogP contribution < -0.4 is 5.32 Å². The van der Waals surface area contributed by atoms with Crippen LogP contribution in [0.25, 0.3) is 0 Å². The van der Waals surface area contributed by atoms with Crippen molar-refractivity contribution in [3.8, 4) is 6.07 Å². The number of benzene rings is 2. The quantitative estimate of drug-likeness (QED) is 0.911. The van der Waals surface area contributed by atoms with Gasteiger partial charge in [-0.05, 0) is 42.8 Å². The number of carbonyl (C=O) groups excluding carboxylic acids is 1. The monoisotopic (exact) mass is 314 g/mol. The summed E-state index contributed by atoms with van der Waals surface area (Å²) in [6.07, 6.45) is -0.847. The van der Waals surface area contributed by atoms with Crippen LogP contribution in [-0.4, -0.2) is 17.1 Å². The van der Waals surface area contributed by atoms with Gasteiger partial charge in [-0.15, -0.1) is 0 Å². The van der Waals surface area contributed by atoms with Crippen LogP contribution in [0.2, 0.25) is 5.02 Å². The Bertz CT molecular complexity index is 707. The zero-order chi connectivity index (χ0) is 16.1. The van der Waals surface area contributed by atoms with Gasteiger partial charge in [0.05, 0.1) is 23.8 Å². The van der Waals surface area contributed by atoms with E-state index in [1.165, 1.54) is 6.07 Å². The standard InChI is InChI=1S/C17H15ClN2O2/c1-11(16(21)13-5-7-15(18)8-6-13)20-17(22)14-4-2-3-12(9-14)10-19/h2-9,11,16,21H,1H3,(H,20,22). The van der Waals surface area contributed by atoms with Crippen LogP contribution >= 0.6 is 11.6 Å². The minimum atomic E-state index is -0.847. The third-order valence-corrected chi connectivity index (χ3v) is 3.55. The first-order chi connectivity index (χ1) is 10.5. The van der Waals surface area contributed by atoms with E-state index in [2.05, 4.69) is 5.32 Å². The highest BCUT2D eigenvalue weighted by molar-refractivity contribution is 6.30. The molecule has 112 valence electrons. The van der Waals surface area contributed by atoms with Crippen molar-refractivity contribution in [3.05, 3.63) is 70.2 Å². The fraction of sp³-hybridized carbons (Fsp3) is 0.176. The van der Waals surface area contributed by atoms with Gasteiger partial charge < -0.3 is 10.4 Å². The van der Waals surface area contributed by atoms with E-state index in [-0.39, 0.29) is 5.91 Å². The van der Waals surface area contributed by atoms with E-state index in [4.69, 9.17) is 16.9 Å². The molecule has 2 unspecified atom stereocenters.